The Kier molecular flexibility index (Phi) is 5.86. The lowest BCUT2D eigenvalue weighted by molar-refractivity contribution is 0.0943. The largest absolute Gasteiger partial charge is 0.467 e. The molecule has 2 N–H and O–H groups in total. The molecule has 0 unspecified atom stereocenters. The van der Waals surface area contributed by atoms with Gasteiger partial charge in [-0.3, -0.25) is 4.79 Å². The van der Waals surface area contributed by atoms with Gasteiger partial charge in [0.05, 0.1) is 12.8 Å². The summed E-state index contributed by atoms with van der Waals surface area (Å²) in [6.07, 6.45) is 2.37. The van der Waals surface area contributed by atoms with E-state index in [0.717, 1.165) is 17.7 Å². The molecule has 26 heavy (non-hydrogen) atoms. The number of furan rings is 1. The normalized spacial score (nSPS) is 10.5. The Morgan fingerprint density at radius 2 is 2.00 bits per heavy atom. The Labute approximate surface area is 156 Å². The molecular weight excluding hydrogens is 352 g/mol. The lowest BCUT2D eigenvalue weighted by Crippen LogP contribution is -2.24. The van der Waals surface area contributed by atoms with Crippen molar-refractivity contribution in [3.05, 3.63) is 76.5 Å². The summed E-state index contributed by atoms with van der Waals surface area (Å²) in [6.45, 7) is 2.79. The maximum absolute atomic E-state index is 12.3. The van der Waals surface area contributed by atoms with Crippen LogP contribution in [0.1, 0.15) is 27.5 Å². The summed E-state index contributed by atoms with van der Waals surface area (Å²) in [5.41, 5.74) is 2.20. The van der Waals surface area contributed by atoms with E-state index in [1.165, 1.54) is 0 Å². The third-order valence-corrected chi connectivity index (χ3v) is 3.95. The highest BCUT2D eigenvalue weighted by molar-refractivity contribution is 6.30. The SMILES string of the molecule is Cc1cc(C(=O)NCc2ccco2)nc(NCCc2ccc(Cl)cc2)n1. The van der Waals surface area contributed by atoms with E-state index >= 15 is 0 Å². The molecule has 7 heteroatoms. The van der Waals surface area contributed by atoms with Crippen LogP contribution in [0.25, 0.3) is 0 Å². The van der Waals surface area contributed by atoms with Crippen LogP contribution in [-0.2, 0) is 13.0 Å². The number of rotatable bonds is 7. The molecule has 3 rings (SSSR count). The van der Waals surface area contributed by atoms with Crippen molar-refractivity contribution in [2.45, 2.75) is 19.9 Å². The van der Waals surface area contributed by atoms with E-state index in [4.69, 9.17) is 16.0 Å². The number of carbonyl (C=O) groups is 1. The first-order chi connectivity index (χ1) is 12.6. The zero-order chi connectivity index (χ0) is 18.4. The van der Waals surface area contributed by atoms with E-state index in [9.17, 15) is 4.79 Å². The number of benzene rings is 1. The molecule has 0 bridgehead atoms. The van der Waals surface area contributed by atoms with Crippen molar-refractivity contribution in [1.29, 1.82) is 0 Å². The summed E-state index contributed by atoms with van der Waals surface area (Å²) in [6, 6.07) is 12.9. The number of aromatic nitrogens is 2. The summed E-state index contributed by atoms with van der Waals surface area (Å²) in [7, 11) is 0. The molecule has 0 radical (unpaired) electrons. The number of aryl methyl sites for hydroxylation is 1. The number of hydrogen-bond acceptors (Lipinski definition) is 5. The number of carbonyl (C=O) groups excluding carboxylic acids is 1. The zero-order valence-electron chi connectivity index (χ0n) is 14.3. The van der Waals surface area contributed by atoms with Gasteiger partial charge in [0.2, 0.25) is 5.95 Å². The molecular formula is C19H19ClN4O2. The third kappa shape index (κ3) is 5.07. The van der Waals surface area contributed by atoms with Crippen molar-refractivity contribution in [1.82, 2.24) is 15.3 Å². The van der Waals surface area contributed by atoms with Gasteiger partial charge in [-0.2, -0.15) is 0 Å². The minimum atomic E-state index is -0.271. The Bertz CT molecular complexity index is 864. The zero-order valence-corrected chi connectivity index (χ0v) is 15.1. The van der Waals surface area contributed by atoms with Gasteiger partial charge in [0.15, 0.2) is 0 Å². The van der Waals surface area contributed by atoms with Crippen molar-refractivity contribution < 1.29 is 9.21 Å². The van der Waals surface area contributed by atoms with Gasteiger partial charge in [-0.1, -0.05) is 23.7 Å². The second-order valence-electron chi connectivity index (χ2n) is 5.78. The molecule has 0 fully saturated rings. The highest BCUT2D eigenvalue weighted by Crippen LogP contribution is 2.11. The highest BCUT2D eigenvalue weighted by atomic mass is 35.5. The molecule has 0 saturated heterocycles. The van der Waals surface area contributed by atoms with Crippen molar-refractivity contribution in [2.75, 3.05) is 11.9 Å². The Morgan fingerprint density at radius 3 is 2.73 bits per heavy atom. The fourth-order valence-electron chi connectivity index (χ4n) is 2.40. The molecule has 2 heterocycles. The fourth-order valence-corrected chi connectivity index (χ4v) is 2.53. The van der Waals surface area contributed by atoms with E-state index in [-0.39, 0.29) is 5.91 Å². The topological polar surface area (TPSA) is 80.0 Å². The molecule has 134 valence electrons. The molecule has 0 atom stereocenters. The predicted molar refractivity (Wildman–Crippen MR) is 100 cm³/mol. The smallest absolute Gasteiger partial charge is 0.270 e. The molecule has 0 saturated carbocycles. The van der Waals surface area contributed by atoms with Gasteiger partial charge in [-0.15, -0.1) is 0 Å². The third-order valence-electron chi connectivity index (χ3n) is 3.70. The van der Waals surface area contributed by atoms with Crippen LogP contribution in [-0.4, -0.2) is 22.4 Å². The Morgan fingerprint density at radius 1 is 1.19 bits per heavy atom. The molecule has 0 aliphatic heterocycles. The van der Waals surface area contributed by atoms with Gasteiger partial charge in [-0.25, -0.2) is 9.97 Å². The summed E-state index contributed by atoms with van der Waals surface area (Å²) < 4.78 is 5.20. The molecule has 3 aromatic rings. The predicted octanol–water partition coefficient (Wildman–Crippen LogP) is 3.62. The minimum Gasteiger partial charge on any atom is -0.467 e. The quantitative estimate of drug-likeness (QED) is 0.664. The van der Waals surface area contributed by atoms with Gasteiger partial charge in [-0.05, 0) is 49.2 Å². The minimum absolute atomic E-state index is 0.271. The molecule has 1 amide bonds. The average molecular weight is 371 g/mol. The molecule has 0 spiro atoms. The van der Waals surface area contributed by atoms with Crippen molar-refractivity contribution in [3.63, 3.8) is 0 Å². The van der Waals surface area contributed by atoms with Gasteiger partial charge in [0, 0.05) is 17.3 Å². The summed E-state index contributed by atoms with van der Waals surface area (Å²) >= 11 is 5.88. The van der Waals surface area contributed by atoms with E-state index in [1.807, 2.05) is 31.2 Å². The summed E-state index contributed by atoms with van der Waals surface area (Å²) in [4.78, 5) is 20.9. The van der Waals surface area contributed by atoms with E-state index in [1.54, 1.807) is 24.5 Å². The van der Waals surface area contributed by atoms with E-state index < -0.39 is 0 Å². The molecule has 0 aliphatic rings. The Balaban J connectivity index is 1.57. The number of nitrogens with one attached hydrogen (secondary N) is 2. The molecule has 2 aromatic heterocycles. The first-order valence-electron chi connectivity index (χ1n) is 8.25. The summed E-state index contributed by atoms with van der Waals surface area (Å²) in [5, 5.41) is 6.66. The van der Waals surface area contributed by atoms with Crippen LogP contribution in [0.4, 0.5) is 5.95 Å². The van der Waals surface area contributed by atoms with Crippen LogP contribution in [0, 0.1) is 6.92 Å². The second kappa shape index (κ2) is 8.49. The fraction of sp³-hybridized carbons (Fsp3) is 0.211. The van der Waals surface area contributed by atoms with Crippen LogP contribution >= 0.6 is 11.6 Å². The van der Waals surface area contributed by atoms with Crippen molar-refractivity contribution in [3.8, 4) is 0 Å². The first-order valence-corrected chi connectivity index (χ1v) is 8.62. The van der Waals surface area contributed by atoms with Gasteiger partial charge in [0.1, 0.15) is 11.5 Å². The maximum Gasteiger partial charge on any atom is 0.270 e. The standard InChI is InChI=1S/C19H19ClN4O2/c1-13-11-17(18(25)22-12-16-3-2-10-26-16)24-19(23-13)21-9-8-14-4-6-15(20)7-5-14/h2-7,10-11H,8-9,12H2,1H3,(H,22,25)(H,21,23,24). The van der Waals surface area contributed by atoms with Crippen LogP contribution in [0.2, 0.25) is 5.02 Å². The van der Waals surface area contributed by atoms with Gasteiger partial charge >= 0.3 is 0 Å². The average Bonchev–Trinajstić information content (AvgIpc) is 3.14. The van der Waals surface area contributed by atoms with Crippen LogP contribution in [0.5, 0.6) is 0 Å². The number of anilines is 1. The molecule has 6 nitrogen and oxygen atoms in total. The number of nitrogens with zero attached hydrogens (tertiary/aromatic N) is 2. The number of halogens is 1. The van der Waals surface area contributed by atoms with Crippen molar-refractivity contribution in [2.24, 2.45) is 0 Å². The molecule has 1 aromatic carbocycles. The van der Waals surface area contributed by atoms with E-state index in [0.29, 0.717) is 35.5 Å². The van der Waals surface area contributed by atoms with Crippen molar-refractivity contribution >= 4 is 23.5 Å². The number of hydrogen-bond donors (Lipinski definition) is 2. The van der Waals surface area contributed by atoms with Crippen LogP contribution in [0.3, 0.4) is 0 Å². The first kappa shape index (κ1) is 17.9. The Hall–Kier alpha value is -2.86. The lowest BCUT2D eigenvalue weighted by atomic mass is 10.1. The van der Waals surface area contributed by atoms with Gasteiger partial charge < -0.3 is 15.1 Å². The second-order valence-corrected chi connectivity index (χ2v) is 6.22. The lowest BCUT2D eigenvalue weighted by Gasteiger charge is -2.08. The van der Waals surface area contributed by atoms with Crippen LogP contribution in [0.15, 0.2) is 53.1 Å². The highest BCUT2D eigenvalue weighted by Gasteiger charge is 2.11. The van der Waals surface area contributed by atoms with Gasteiger partial charge in [0.25, 0.3) is 5.91 Å². The molecule has 0 aliphatic carbocycles. The van der Waals surface area contributed by atoms with Crippen LogP contribution < -0.4 is 10.6 Å². The number of amides is 1. The van der Waals surface area contributed by atoms with E-state index in [2.05, 4.69) is 20.6 Å². The summed E-state index contributed by atoms with van der Waals surface area (Å²) in [5.74, 6) is 0.847. The monoisotopic (exact) mass is 370 g/mol. The maximum atomic E-state index is 12.3.